The van der Waals surface area contributed by atoms with Crippen molar-refractivity contribution in [3.8, 4) is 0 Å². The Morgan fingerprint density at radius 1 is 1.16 bits per heavy atom. The van der Waals surface area contributed by atoms with Crippen molar-refractivity contribution in [2.24, 2.45) is 0 Å². The highest BCUT2D eigenvalue weighted by Crippen LogP contribution is 2.29. The van der Waals surface area contributed by atoms with Gasteiger partial charge in [0.15, 0.2) is 0 Å². The first-order valence-corrected chi connectivity index (χ1v) is 11.4. The molecular weight excluding hydrogens is 463 g/mol. The van der Waals surface area contributed by atoms with Crippen LogP contribution in [0.25, 0.3) is 0 Å². The number of carbonyl (C=O) groups excluding carboxylic acids is 3. The van der Waals surface area contributed by atoms with Crippen molar-refractivity contribution in [2.45, 2.75) is 17.7 Å². The first-order valence-electron chi connectivity index (χ1n) is 9.50. The van der Waals surface area contributed by atoms with E-state index < -0.39 is 32.7 Å². The van der Waals surface area contributed by atoms with Crippen LogP contribution >= 0.6 is 11.6 Å². The maximum Gasteiger partial charge on any atom is 0.326 e. The summed E-state index contributed by atoms with van der Waals surface area (Å²) in [6, 6.07) is 8.57. The molecule has 2 aromatic rings. The molecule has 170 valence electrons. The van der Waals surface area contributed by atoms with Gasteiger partial charge in [-0.2, -0.15) is 0 Å². The van der Waals surface area contributed by atoms with E-state index in [0.29, 0.717) is 0 Å². The SMILES string of the molecule is CN1CC(=O)N(CCCC(=O)Nc2cc(Cl)ccc2NS(=O)(=O)c2ccccc2F)C1=O. The van der Waals surface area contributed by atoms with Crippen LogP contribution in [0.2, 0.25) is 5.02 Å². The second kappa shape index (κ2) is 9.53. The molecular formula is C20H20ClFN4O5S. The lowest BCUT2D eigenvalue weighted by molar-refractivity contribution is -0.125. The number of urea groups is 1. The van der Waals surface area contributed by atoms with E-state index in [0.717, 1.165) is 17.0 Å². The fourth-order valence-corrected chi connectivity index (χ4v) is 4.40. The van der Waals surface area contributed by atoms with Crippen LogP contribution in [-0.4, -0.2) is 56.2 Å². The minimum atomic E-state index is -4.27. The molecule has 1 fully saturated rings. The van der Waals surface area contributed by atoms with Gasteiger partial charge in [0.05, 0.1) is 11.4 Å². The molecule has 32 heavy (non-hydrogen) atoms. The van der Waals surface area contributed by atoms with Gasteiger partial charge in [0.25, 0.3) is 10.0 Å². The minimum absolute atomic E-state index is 0.000936. The number of benzene rings is 2. The lowest BCUT2D eigenvalue weighted by Gasteiger charge is -2.15. The molecule has 0 radical (unpaired) electrons. The number of amides is 4. The Morgan fingerprint density at radius 3 is 2.53 bits per heavy atom. The van der Waals surface area contributed by atoms with Crippen molar-refractivity contribution in [3.63, 3.8) is 0 Å². The van der Waals surface area contributed by atoms with Gasteiger partial charge >= 0.3 is 6.03 Å². The van der Waals surface area contributed by atoms with E-state index in [1.54, 1.807) is 0 Å². The Labute approximate surface area is 189 Å². The van der Waals surface area contributed by atoms with Crippen molar-refractivity contribution < 1.29 is 27.2 Å². The summed E-state index contributed by atoms with van der Waals surface area (Å²) < 4.78 is 41.4. The van der Waals surface area contributed by atoms with E-state index in [2.05, 4.69) is 10.0 Å². The molecule has 1 saturated heterocycles. The quantitative estimate of drug-likeness (QED) is 0.561. The normalized spacial score (nSPS) is 14.1. The Hall–Kier alpha value is -3.18. The molecule has 1 aliphatic heterocycles. The summed E-state index contributed by atoms with van der Waals surface area (Å²) in [5.41, 5.74) is 0.0769. The van der Waals surface area contributed by atoms with Crippen LogP contribution in [0.5, 0.6) is 0 Å². The third-order valence-corrected chi connectivity index (χ3v) is 6.28. The van der Waals surface area contributed by atoms with Crippen LogP contribution in [0.3, 0.4) is 0 Å². The van der Waals surface area contributed by atoms with Gasteiger partial charge in [-0.3, -0.25) is 19.2 Å². The van der Waals surface area contributed by atoms with E-state index in [1.807, 2.05) is 0 Å². The lowest BCUT2D eigenvalue weighted by Crippen LogP contribution is -2.32. The zero-order valence-electron chi connectivity index (χ0n) is 17.0. The Bertz CT molecular complexity index is 1170. The third-order valence-electron chi connectivity index (χ3n) is 4.64. The zero-order valence-corrected chi connectivity index (χ0v) is 18.5. The Balaban J connectivity index is 1.67. The number of nitrogens with zero attached hydrogens (tertiary/aromatic N) is 2. The second-order valence-electron chi connectivity index (χ2n) is 7.06. The van der Waals surface area contributed by atoms with Crippen molar-refractivity contribution in [1.82, 2.24) is 9.80 Å². The number of anilines is 2. The number of hydrogen-bond donors (Lipinski definition) is 2. The number of nitrogens with one attached hydrogen (secondary N) is 2. The van der Waals surface area contributed by atoms with Gasteiger partial charge in [0.1, 0.15) is 17.3 Å². The van der Waals surface area contributed by atoms with E-state index in [-0.39, 0.29) is 48.2 Å². The fraction of sp³-hybridized carbons (Fsp3) is 0.250. The zero-order chi connectivity index (χ0) is 23.5. The summed E-state index contributed by atoms with van der Waals surface area (Å²) in [6.07, 6.45) is 0.181. The number of halogens is 2. The van der Waals surface area contributed by atoms with Crippen molar-refractivity contribution >= 4 is 50.8 Å². The molecule has 1 aliphatic rings. The molecule has 9 nitrogen and oxygen atoms in total. The number of hydrogen-bond acceptors (Lipinski definition) is 5. The molecule has 0 atom stereocenters. The molecule has 0 aliphatic carbocycles. The summed E-state index contributed by atoms with van der Waals surface area (Å²) in [6.45, 7) is 0.0802. The molecule has 12 heteroatoms. The molecule has 2 N–H and O–H groups in total. The summed E-state index contributed by atoms with van der Waals surface area (Å²) in [4.78, 5) is 37.8. The first-order chi connectivity index (χ1) is 15.1. The fourth-order valence-electron chi connectivity index (χ4n) is 3.07. The van der Waals surface area contributed by atoms with Crippen LogP contribution in [0.4, 0.5) is 20.6 Å². The monoisotopic (exact) mass is 482 g/mol. The topological polar surface area (TPSA) is 116 Å². The smallest absolute Gasteiger partial charge is 0.324 e. The molecule has 0 aromatic heterocycles. The van der Waals surface area contributed by atoms with Gasteiger partial charge in [-0.15, -0.1) is 0 Å². The molecule has 0 spiro atoms. The summed E-state index contributed by atoms with van der Waals surface area (Å²) in [7, 11) is -2.76. The molecule has 3 rings (SSSR count). The molecule has 1 heterocycles. The molecule has 4 amide bonds. The van der Waals surface area contributed by atoms with Gasteiger partial charge in [-0.25, -0.2) is 17.6 Å². The number of rotatable bonds is 8. The lowest BCUT2D eigenvalue weighted by atomic mass is 10.2. The van der Waals surface area contributed by atoms with Gasteiger partial charge in [-0.1, -0.05) is 23.7 Å². The van der Waals surface area contributed by atoms with E-state index in [1.165, 1.54) is 42.3 Å². The van der Waals surface area contributed by atoms with Crippen LogP contribution < -0.4 is 10.0 Å². The van der Waals surface area contributed by atoms with E-state index in [9.17, 15) is 27.2 Å². The molecule has 0 bridgehead atoms. The standard InChI is InChI=1S/C20H20ClFN4O5S/c1-25-12-19(28)26(20(25)29)10-4-7-18(27)23-16-11-13(21)8-9-15(16)24-32(30,31)17-6-3-2-5-14(17)22/h2-3,5-6,8-9,11,24H,4,7,10,12H2,1H3,(H,23,27). The van der Waals surface area contributed by atoms with Gasteiger partial charge in [-0.05, 0) is 36.8 Å². The summed E-state index contributed by atoms with van der Waals surface area (Å²) in [5, 5.41) is 2.79. The van der Waals surface area contributed by atoms with E-state index >= 15 is 0 Å². The maximum absolute atomic E-state index is 13.9. The number of sulfonamides is 1. The first kappa shape index (κ1) is 23.5. The predicted octanol–water partition coefficient (Wildman–Crippen LogP) is 2.89. The van der Waals surface area contributed by atoms with Crippen molar-refractivity contribution in [1.29, 1.82) is 0 Å². The third kappa shape index (κ3) is 5.35. The largest absolute Gasteiger partial charge is 0.326 e. The summed E-state index contributed by atoms with van der Waals surface area (Å²) in [5.74, 6) is -1.74. The van der Waals surface area contributed by atoms with Gasteiger partial charge < -0.3 is 10.2 Å². The van der Waals surface area contributed by atoms with Crippen LogP contribution in [0, 0.1) is 5.82 Å². The average Bonchev–Trinajstić information content (AvgIpc) is 2.96. The predicted molar refractivity (Wildman–Crippen MR) is 116 cm³/mol. The maximum atomic E-state index is 13.9. The summed E-state index contributed by atoms with van der Waals surface area (Å²) >= 11 is 5.98. The minimum Gasteiger partial charge on any atom is -0.324 e. The van der Waals surface area contributed by atoms with Crippen LogP contribution in [0.15, 0.2) is 47.4 Å². The Morgan fingerprint density at radius 2 is 1.88 bits per heavy atom. The second-order valence-corrected chi connectivity index (χ2v) is 9.15. The number of likely N-dealkylation sites (N-methyl/N-ethyl adjacent to an activating group) is 1. The number of carbonyl (C=O) groups is 3. The highest BCUT2D eigenvalue weighted by atomic mass is 35.5. The van der Waals surface area contributed by atoms with Crippen molar-refractivity contribution in [3.05, 3.63) is 53.3 Å². The van der Waals surface area contributed by atoms with Crippen LogP contribution in [-0.2, 0) is 19.6 Å². The van der Waals surface area contributed by atoms with Gasteiger partial charge in [0, 0.05) is 25.0 Å². The number of imide groups is 1. The molecule has 0 saturated carbocycles. The molecule has 0 unspecified atom stereocenters. The van der Waals surface area contributed by atoms with Gasteiger partial charge in [0.2, 0.25) is 11.8 Å². The van der Waals surface area contributed by atoms with Crippen LogP contribution in [0.1, 0.15) is 12.8 Å². The van der Waals surface area contributed by atoms with Crippen molar-refractivity contribution in [2.75, 3.05) is 30.2 Å². The Kier molecular flexibility index (Phi) is 6.99. The average molecular weight is 483 g/mol. The molecule has 2 aromatic carbocycles. The van der Waals surface area contributed by atoms with E-state index in [4.69, 9.17) is 11.6 Å². The highest BCUT2D eigenvalue weighted by Gasteiger charge is 2.32. The highest BCUT2D eigenvalue weighted by molar-refractivity contribution is 7.92.